The third-order valence-corrected chi connectivity index (χ3v) is 3.44. The topological polar surface area (TPSA) is 100 Å². The van der Waals surface area contributed by atoms with Crippen molar-refractivity contribution < 1.29 is 18.7 Å². The number of nitrogens with two attached hydrogens (primary N) is 1. The molecule has 126 valence electrons. The van der Waals surface area contributed by atoms with Crippen molar-refractivity contribution in [1.82, 2.24) is 14.8 Å². The van der Waals surface area contributed by atoms with Crippen LogP contribution in [-0.4, -0.2) is 26.6 Å². The van der Waals surface area contributed by atoms with E-state index in [-0.39, 0.29) is 5.56 Å². The second kappa shape index (κ2) is 6.91. The van der Waals surface area contributed by atoms with Gasteiger partial charge in [-0.25, -0.2) is 18.9 Å². The number of hydrogen-bond donors (Lipinski definition) is 1. The van der Waals surface area contributed by atoms with Crippen molar-refractivity contribution in [2.45, 2.75) is 6.10 Å². The largest absolute Gasteiger partial charge is 0.444 e. The van der Waals surface area contributed by atoms with Gasteiger partial charge in [-0.15, -0.1) is 0 Å². The molecule has 8 heteroatoms. The Labute approximate surface area is 141 Å². The lowest BCUT2D eigenvalue weighted by Gasteiger charge is -2.15. The van der Waals surface area contributed by atoms with E-state index in [1.54, 1.807) is 12.1 Å². The molecule has 0 saturated carbocycles. The molecule has 3 rings (SSSR count). The Morgan fingerprint density at radius 3 is 2.32 bits per heavy atom. The van der Waals surface area contributed by atoms with E-state index in [0.29, 0.717) is 11.3 Å². The highest BCUT2D eigenvalue weighted by molar-refractivity contribution is 5.92. The van der Waals surface area contributed by atoms with Crippen LogP contribution >= 0.6 is 0 Å². The lowest BCUT2D eigenvalue weighted by Crippen LogP contribution is -2.26. The van der Waals surface area contributed by atoms with Crippen molar-refractivity contribution in [3.8, 4) is 5.69 Å². The molecular formula is C17H13FN4O3. The fraction of sp³-hybridized carbons (Fsp3) is 0.0588. The quantitative estimate of drug-likeness (QED) is 0.714. The predicted molar refractivity (Wildman–Crippen MR) is 85.1 cm³/mol. The van der Waals surface area contributed by atoms with Crippen LogP contribution in [0, 0.1) is 5.82 Å². The number of esters is 1. The number of ether oxygens (including phenoxy) is 1. The minimum absolute atomic E-state index is 0.234. The van der Waals surface area contributed by atoms with Crippen molar-refractivity contribution in [3.05, 3.63) is 78.1 Å². The maximum absolute atomic E-state index is 13.0. The van der Waals surface area contributed by atoms with E-state index in [2.05, 4.69) is 10.1 Å². The summed E-state index contributed by atoms with van der Waals surface area (Å²) < 4.78 is 19.7. The zero-order chi connectivity index (χ0) is 17.8. The van der Waals surface area contributed by atoms with E-state index < -0.39 is 23.8 Å². The first kappa shape index (κ1) is 16.3. The first-order chi connectivity index (χ1) is 12.0. The predicted octanol–water partition coefficient (Wildman–Crippen LogP) is 1.79. The Kier molecular flexibility index (Phi) is 4.51. The van der Waals surface area contributed by atoms with Crippen molar-refractivity contribution in [2.75, 3.05) is 0 Å². The van der Waals surface area contributed by atoms with Crippen LogP contribution in [0.4, 0.5) is 4.39 Å². The second-order valence-electron chi connectivity index (χ2n) is 5.13. The summed E-state index contributed by atoms with van der Waals surface area (Å²) >= 11 is 0. The third-order valence-electron chi connectivity index (χ3n) is 3.44. The molecule has 2 aromatic carbocycles. The number of rotatable bonds is 5. The Morgan fingerprint density at radius 2 is 1.76 bits per heavy atom. The molecular weight excluding hydrogens is 327 g/mol. The minimum atomic E-state index is -1.30. The van der Waals surface area contributed by atoms with Crippen molar-refractivity contribution in [3.63, 3.8) is 0 Å². The van der Waals surface area contributed by atoms with Crippen LogP contribution in [0.1, 0.15) is 22.0 Å². The van der Waals surface area contributed by atoms with Gasteiger partial charge < -0.3 is 10.5 Å². The average molecular weight is 340 g/mol. The highest BCUT2D eigenvalue weighted by atomic mass is 19.1. The fourth-order valence-corrected chi connectivity index (χ4v) is 2.19. The van der Waals surface area contributed by atoms with Crippen LogP contribution in [-0.2, 0) is 9.53 Å². The lowest BCUT2D eigenvalue weighted by molar-refractivity contribution is -0.127. The molecule has 0 bridgehead atoms. The monoisotopic (exact) mass is 340 g/mol. The summed E-state index contributed by atoms with van der Waals surface area (Å²) in [6.07, 6.45) is 1.61. The van der Waals surface area contributed by atoms with Gasteiger partial charge in [0.25, 0.3) is 5.91 Å². The van der Waals surface area contributed by atoms with Gasteiger partial charge in [0, 0.05) is 5.56 Å². The van der Waals surface area contributed by atoms with E-state index in [1.165, 1.54) is 41.6 Å². The average Bonchev–Trinajstić information content (AvgIpc) is 3.15. The molecule has 25 heavy (non-hydrogen) atoms. The number of amides is 1. The molecule has 0 fully saturated rings. The van der Waals surface area contributed by atoms with Crippen LogP contribution in [0.3, 0.4) is 0 Å². The summed E-state index contributed by atoms with van der Waals surface area (Å²) in [6, 6.07) is 11.4. The molecule has 0 spiro atoms. The summed E-state index contributed by atoms with van der Waals surface area (Å²) in [4.78, 5) is 27.7. The second-order valence-corrected chi connectivity index (χ2v) is 5.13. The smallest absolute Gasteiger partial charge is 0.339 e. The van der Waals surface area contributed by atoms with Crippen LogP contribution in [0.25, 0.3) is 5.69 Å². The number of hydrogen-bond acceptors (Lipinski definition) is 5. The Bertz CT molecular complexity index is 877. The molecule has 2 N–H and O–H groups in total. The van der Waals surface area contributed by atoms with E-state index in [9.17, 15) is 14.0 Å². The number of primary amides is 1. The highest BCUT2D eigenvalue weighted by Gasteiger charge is 2.23. The van der Waals surface area contributed by atoms with Crippen molar-refractivity contribution in [2.24, 2.45) is 5.73 Å². The van der Waals surface area contributed by atoms with Crippen molar-refractivity contribution >= 4 is 11.9 Å². The maximum atomic E-state index is 13.0. The Balaban J connectivity index is 1.77. The number of carbonyl (C=O) groups is 2. The van der Waals surface area contributed by atoms with Crippen LogP contribution in [0.15, 0.2) is 61.2 Å². The molecule has 0 saturated heterocycles. The van der Waals surface area contributed by atoms with E-state index in [0.717, 1.165) is 12.1 Å². The number of aromatic nitrogens is 3. The van der Waals surface area contributed by atoms with Gasteiger partial charge in [0.2, 0.25) is 6.10 Å². The summed E-state index contributed by atoms with van der Waals surface area (Å²) in [7, 11) is 0. The molecule has 1 atom stereocenters. The van der Waals surface area contributed by atoms with E-state index >= 15 is 0 Å². The highest BCUT2D eigenvalue weighted by Crippen LogP contribution is 2.20. The third kappa shape index (κ3) is 3.69. The molecule has 1 heterocycles. The Hall–Kier alpha value is -3.55. The van der Waals surface area contributed by atoms with Gasteiger partial charge in [-0.1, -0.05) is 12.1 Å². The molecule has 1 amide bonds. The lowest BCUT2D eigenvalue weighted by atomic mass is 10.1. The summed E-state index contributed by atoms with van der Waals surface area (Å²) in [5, 5.41) is 3.98. The van der Waals surface area contributed by atoms with Crippen LogP contribution in [0.2, 0.25) is 0 Å². The molecule has 0 aliphatic carbocycles. The van der Waals surface area contributed by atoms with E-state index in [4.69, 9.17) is 10.5 Å². The molecule has 0 radical (unpaired) electrons. The van der Waals surface area contributed by atoms with Gasteiger partial charge in [0.15, 0.2) is 0 Å². The first-order valence-corrected chi connectivity index (χ1v) is 7.25. The Morgan fingerprint density at radius 1 is 1.08 bits per heavy atom. The number of nitrogens with zero attached hydrogens (tertiary/aromatic N) is 3. The summed E-state index contributed by atoms with van der Waals surface area (Å²) in [5.41, 5.74) is 6.53. The first-order valence-electron chi connectivity index (χ1n) is 7.25. The van der Waals surface area contributed by atoms with Gasteiger partial charge in [-0.05, 0) is 36.4 Å². The van der Waals surface area contributed by atoms with Gasteiger partial charge in [0.05, 0.1) is 11.3 Å². The van der Waals surface area contributed by atoms with Gasteiger partial charge in [-0.2, -0.15) is 5.10 Å². The summed E-state index contributed by atoms with van der Waals surface area (Å²) in [6.45, 7) is 0. The molecule has 3 aromatic rings. The molecule has 7 nitrogen and oxygen atoms in total. The van der Waals surface area contributed by atoms with Crippen LogP contribution in [0.5, 0.6) is 0 Å². The molecule has 0 aliphatic heterocycles. The maximum Gasteiger partial charge on any atom is 0.339 e. The zero-order valence-corrected chi connectivity index (χ0v) is 12.9. The molecule has 0 aliphatic rings. The summed E-state index contributed by atoms with van der Waals surface area (Å²) in [5.74, 6) is -2.04. The SMILES string of the molecule is NC(=O)[C@@H](OC(=O)c1ccc(-n2cncn2)cc1)c1ccc(F)cc1. The van der Waals surface area contributed by atoms with Crippen LogP contribution < -0.4 is 5.73 Å². The normalized spacial score (nSPS) is 11.7. The molecule has 0 unspecified atom stereocenters. The van der Waals surface area contributed by atoms with Crippen molar-refractivity contribution in [1.29, 1.82) is 0 Å². The number of benzene rings is 2. The number of carbonyl (C=O) groups excluding carboxylic acids is 2. The standard InChI is InChI=1S/C17H13FN4O3/c18-13-5-1-11(2-6-13)15(16(19)23)25-17(24)12-3-7-14(8-4-12)22-10-20-9-21-22/h1-10,15H,(H2,19,23)/t15-/m0/s1. The minimum Gasteiger partial charge on any atom is -0.444 e. The zero-order valence-electron chi connectivity index (χ0n) is 12.9. The van der Waals surface area contributed by atoms with Gasteiger partial charge in [-0.3, -0.25) is 4.79 Å². The van der Waals surface area contributed by atoms with Gasteiger partial charge >= 0.3 is 5.97 Å². The number of halogens is 1. The van der Waals surface area contributed by atoms with E-state index in [1.807, 2.05) is 0 Å². The molecule has 1 aromatic heterocycles. The van der Waals surface area contributed by atoms with Gasteiger partial charge in [0.1, 0.15) is 18.5 Å². The fourth-order valence-electron chi connectivity index (χ4n) is 2.19.